The van der Waals surface area contributed by atoms with Gasteiger partial charge in [0.1, 0.15) is 11.9 Å². The second kappa shape index (κ2) is 7.82. The molecule has 0 spiro atoms. The second-order valence-corrected chi connectivity index (χ2v) is 9.36. The smallest absolute Gasteiger partial charge is 0.253 e. The molecule has 1 aromatic rings. The molecule has 4 atom stereocenters. The SMILES string of the molecule is CCN(CC)C(=O)c1ccc2c(c1)OC1CCCCC1N2C1CC2=CCC(C1)N2C. The predicted octanol–water partition coefficient (Wildman–Crippen LogP) is 4.43. The molecular formula is C25H35N3O2. The van der Waals surface area contributed by atoms with Crippen LogP contribution in [0, 0.1) is 0 Å². The number of carbonyl (C=O) groups excluding carboxylic acids is 1. The highest BCUT2D eigenvalue weighted by Crippen LogP contribution is 2.46. The minimum Gasteiger partial charge on any atom is -0.486 e. The molecule has 4 unspecified atom stereocenters. The van der Waals surface area contributed by atoms with Gasteiger partial charge in [-0.25, -0.2) is 0 Å². The first-order valence-corrected chi connectivity index (χ1v) is 11.9. The van der Waals surface area contributed by atoms with Gasteiger partial charge >= 0.3 is 0 Å². The monoisotopic (exact) mass is 409 g/mol. The van der Waals surface area contributed by atoms with Crippen molar-refractivity contribution in [1.29, 1.82) is 0 Å². The highest BCUT2D eigenvalue weighted by Gasteiger charge is 2.44. The van der Waals surface area contributed by atoms with Crippen LogP contribution >= 0.6 is 0 Å². The number of nitrogens with zero attached hydrogens (tertiary/aromatic N) is 3. The molecule has 30 heavy (non-hydrogen) atoms. The summed E-state index contributed by atoms with van der Waals surface area (Å²) in [4.78, 5) is 20.0. The van der Waals surface area contributed by atoms with Crippen molar-refractivity contribution in [2.45, 2.75) is 83.0 Å². The highest BCUT2D eigenvalue weighted by molar-refractivity contribution is 5.95. The van der Waals surface area contributed by atoms with E-state index in [1.807, 2.05) is 30.9 Å². The maximum absolute atomic E-state index is 12.9. The molecular weight excluding hydrogens is 374 g/mol. The fourth-order valence-electron chi connectivity index (χ4n) is 6.13. The maximum atomic E-state index is 12.9. The molecule has 2 bridgehead atoms. The van der Waals surface area contributed by atoms with Gasteiger partial charge in [-0.2, -0.15) is 0 Å². The molecule has 0 aromatic heterocycles. The number of piperidine rings is 1. The van der Waals surface area contributed by atoms with Crippen LogP contribution in [0.15, 0.2) is 30.0 Å². The van der Waals surface area contributed by atoms with E-state index >= 15 is 0 Å². The third kappa shape index (κ3) is 3.17. The first-order chi connectivity index (χ1) is 14.6. The molecule has 1 amide bonds. The van der Waals surface area contributed by atoms with E-state index in [2.05, 4.69) is 29.0 Å². The lowest BCUT2D eigenvalue weighted by molar-refractivity contribution is 0.0769. The number of benzene rings is 1. The minimum atomic E-state index is 0.103. The van der Waals surface area contributed by atoms with Gasteiger partial charge < -0.3 is 19.4 Å². The summed E-state index contributed by atoms with van der Waals surface area (Å²) in [6, 6.07) is 7.81. The normalized spacial score (nSPS) is 29.6. The number of anilines is 1. The van der Waals surface area contributed by atoms with Gasteiger partial charge in [0.05, 0.1) is 11.7 Å². The second-order valence-electron chi connectivity index (χ2n) is 9.36. The van der Waals surface area contributed by atoms with E-state index in [1.54, 1.807) is 0 Å². The Balaban J connectivity index is 1.50. The van der Waals surface area contributed by atoms with E-state index in [4.69, 9.17) is 4.74 Å². The number of ether oxygens (including phenoxy) is 1. The Kier molecular flexibility index (Phi) is 5.16. The highest BCUT2D eigenvalue weighted by atomic mass is 16.5. The van der Waals surface area contributed by atoms with Crippen LogP contribution in [-0.4, -0.2) is 60.1 Å². The Hall–Kier alpha value is -2.17. The van der Waals surface area contributed by atoms with Crippen LogP contribution in [0.2, 0.25) is 0 Å². The Morgan fingerprint density at radius 3 is 2.73 bits per heavy atom. The van der Waals surface area contributed by atoms with Gasteiger partial charge in [-0.15, -0.1) is 0 Å². The number of rotatable bonds is 4. The van der Waals surface area contributed by atoms with Crippen molar-refractivity contribution < 1.29 is 9.53 Å². The van der Waals surface area contributed by atoms with E-state index in [-0.39, 0.29) is 12.0 Å². The minimum absolute atomic E-state index is 0.103. The Bertz CT molecular complexity index is 847. The number of carbonyl (C=O) groups is 1. The number of hydrogen-bond acceptors (Lipinski definition) is 4. The van der Waals surface area contributed by atoms with Crippen LogP contribution in [0.5, 0.6) is 5.75 Å². The van der Waals surface area contributed by atoms with Crippen LogP contribution < -0.4 is 9.64 Å². The van der Waals surface area contributed by atoms with E-state index in [1.165, 1.54) is 43.5 Å². The van der Waals surface area contributed by atoms with Crippen LogP contribution in [0.4, 0.5) is 5.69 Å². The van der Waals surface area contributed by atoms with Gasteiger partial charge in [0.2, 0.25) is 0 Å². The number of amides is 1. The molecule has 4 aliphatic rings. The summed E-state index contributed by atoms with van der Waals surface area (Å²) in [5, 5.41) is 0. The van der Waals surface area contributed by atoms with Gasteiger partial charge in [-0.3, -0.25) is 4.79 Å². The van der Waals surface area contributed by atoms with Crippen LogP contribution in [-0.2, 0) is 0 Å². The predicted molar refractivity (Wildman–Crippen MR) is 120 cm³/mol. The Morgan fingerprint density at radius 2 is 1.97 bits per heavy atom. The van der Waals surface area contributed by atoms with Crippen molar-refractivity contribution in [2.75, 3.05) is 25.0 Å². The lowest BCUT2D eigenvalue weighted by Crippen LogP contribution is -2.57. The molecule has 0 radical (unpaired) electrons. The molecule has 162 valence electrons. The quantitative estimate of drug-likeness (QED) is 0.737. The molecule has 5 nitrogen and oxygen atoms in total. The van der Waals surface area contributed by atoms with Crippen molar-refractivity contribution in [1.82, 2.24) is 9.80 Å². The van der Waals surface area contributed by atoms with Crippen molar-refractivity contribution in [3.63, 3.8) is 0 Å². The first kappa shape index (κ1) is 19.8. The largest absolute Gasteiger partial charge is 0.486 e. The van der Waals surface area contributed by atoms with Crippen molar-refractivity contribution in [3.05, 3.63) is 35.5 Å². The molecule has 5 heteroatoms. The zero-order valence-corrected chi connectivity index (χ0v) is 18.6. The summed E-state index contributed by atoms with van der Waals surface area (Å²) in [6.07, 6.45) is 11.1. The summed E-state index contributed by atoms with van der Waals surface area (Å²) in [5.74, 6) is 1.02. The Morgan fingerprint density at radius 1 is 1.17 bits per heavy atom. The first-order valence-electron chi connectivity index (χ1n) is 11.9. The molecule has 0 N–H and O–H groups in total. The van der Waals surface area contributed by atoms with Gasteiger partial charge in [0, 0.05) is 49.9 Å². The molecule has 5 rings (SSSR count). The van der Waals surface area contributed by atoms with Gasteiger partial charge in [0.25, 0.3) is 5.91 Å². The summed E-state index contributed by atoms with van der Waals surface area (Å²) in [7, 11) is 2.25. The average Bonchev–Trinajstić information content (AvgIpc) is 2.98. The van der Waals surface area contributed by atoms with E-state index in [0.717, 1.165) is 37.2 Å². The van der Waals surface area contributed by atoms with Crippen molar-refractivity contribution >= 4 is 11.6 Å². The lowest BCUT2D eigenvalue weighted by Gasteiger charge is -2.51. The van der Waals surface area contributed by atoms with Crippen molar-refractivity contribution in [2.24, 2.45) is 0 Å². The molecule has 3 heterocycles. The van der Waals surface area contributed by atoms with E-state index in [0.29, 0.717) is 18.1 Å². The fourth-order valence-corrected chi connectivity index (χ4v) is 6.13. The fraction of sp³-hybridized carbons (Fsp3) is 0.640. The van der Waals surface area contributed by atoms with Gasteiger partial charge in [-0.1, -0.05) is 12.5 Å². The van der Waals surface area contributed by atoms with Crippen LogP contribution in [0.1, 0.15) is 69.2 Å². The lowest BCUT2D eigenvalue weighted by atomic mass is 9.86. The van der Waals surface area contributed by atoms with Crippen LogP contribution in [0.3, 0.4) is 0 Å². The maximum Gasteiger partial charge on any atom is 0.253 e. The molecule has 3 aliphatic heterocycles. The topological polar surface area (TPSA) is 36.0 Å². The van der Waals surface area contributed by atoms with Gasteiger partial charge in [0.15, 0.2) is 0 Å². The summed E-state index contributed by atoms with van der Waals surface area (Å²) in [6.45, 7) is 5.54. The summed E-state index contributed by atoms with van der Waals surface area (Å²) >= 11 is 0. The third-order valence-corrected chi connectivity index (χ3v) is 7.85. The number of fused-ring (bicyclic) bond motifs is 4. The Labute approximate surface area is 180 Å². The molecule has 1 aliphatic carbocycles. The van der Waals surface area contributed by atoms with E-state index in [9.17, 15) is 4.79 Å². The molecule has 1 saturated heterocycles. The van der Waals surface area contributed by atoms with Gasteiger partial charge in [-0.05, 0) is 64.2 Å². The standard InChI is InChI=1S/C25H35N3O2/c1-4-27(5-2)25(29)17-10-13-22-24(14-17)30-23-9-7-6-8-21(23)28(22)20-15-18-11-12-19(16-20)26(18)3/h10-11,13-14,19-21,23H,4-9,12,15-16H2,1-3H3. The zero-order chi connectivity index (χ0) is 20.8. The zero-order valence-electron chi connectivity index (χ0n) is 18.6. The summed E-state index contributed by atoms with van der Waals surface area (Å²) < 4.78 is 6.55. The molecule has 2 fully saturated rings. The third-order valence-electron chi connectivity index (χ3n) is 7.85. The summed E-state index contributed by atoms with van der Waals surface area (Å²) in [5.41, 5.74) is 3.45. The average molecular weight is 410 g/mol. The van der Waals surface area contributed by atoms with Crippen LogP contribution in [0.25, 0.3) is 0 Å². The van der Waals surface area contributed by atoms with E-state index < -0.39 is 0 Å². The number of hydrogen-bond donors (Lipinski definition) is 0. The molecule has 1 aromatic carbocycles. The molecule has 1 saturated carbocycles. The van der Waals surface area contributed by atoms with Crippen molar-refractivity contribution in [3.8, 4) is 5.75 Å².